The molecule has 3 N–H and O–H groups in total. The Balaban J connectivity index is 1.84. The second-order valence-electron chi connectivity index (χ2n) is 5.12. The number of hydrazine groups is 1. The van der Waals surface area contributed by atoms with Crippen molar-refractivity contribution < 1.29 is 0 Å². The summed E-state index contributed by atoms with van der Waals surface area (Å²) in [5, 5.41) is 0. The van der Waals surface area contributed by atoms with Gasteiger partial charge in [0.15, 0.2) is 0 Å². The topological polar surface area (TPSA) is 62.4 Å². The molecule has 0 spiro atoms. The molecule has 18 heavy (non-hydrogen) atoms. The summed E-state index contributed by atoms with van der Waals surface area (Å²) in [4.78, 5) is 9.56. The van der Waals surface area contributed by atoms with Crippen LogP contribution in [0.4, 0.5) is 0 Å². The number of nitrogens with two attached hydrogens (primary N) is 1. The molecule has 3 aliphatic rings. The third kappa shape index (κ3) is 1.95. The van der Waals surface area contributed by atoms with Crippen molar-refractivity contribution >= 4 is 0 Å². The first-order chi connectivity index (χ1) is 8.83. The zero-order valence-electron chi connectivity index (χ0n) is 10.9. The lowest BCUT2D eigenvalue weighted by atomic mass is 10.00. The van der Waals surface area contributed by atoms with E-state index in [4.69, 9.17) is 5.84 Å². The van der Waals surface area contributed by atoms with Gasteiger partial charge in [0, 0.05) is 57.7 Å². The molecule has 3 saturated heterocycles. The van der Waals surface area contributed by atoms with Crippen LogP contribution in [0.2, 0.25) is 0 Å². The Morgan fingerprint density at radius 2 is 2.22 bits per heavy atom. The molecule has 0 radical (unpaired) electrons. The second-order valence-corrected chi connectivity index (χ2v) is 5.12. The largest absolute Gasteiger partial charge is 0.334 e. The van der Waals surface area contributed by atoms with Crippen LogP contribution in [0.3, 0.4) is 0 Å². The van der Waals surface area contributed by atoms with Crippen LogP contribution in [0, 0.1) is 0 Å². The van der Waals surface area contributed by atoms with Crippen molar-refractivity contribution in [2.24, 2.45) is 5.84 Å². The van der Waals surface area contributed by atoms with E-state index in [0.717, 1.165) is 32.0 Å². The summed E-state index contributed by atoms with van der Waals surface area (Å²) in [5.74, 6) is 6.86. The standard InChI is InChI=1S/C12H22N6/c1-2-17-4-3-14-12(17)11(15-13)10-9-16-5-7-18(10)8-6-16/h3-4,10-11,15H,2,5-9,13H2,1H3. The van der Waals surface area contributed by atoms with E-state index in [1.54, 1.807) is 0 Å². The quantitative estimate of drug-likeness (QED) is 0.552. The fourth-order valence-corrected chi connectivity index (χ4v) is 3.20. The lowest BCUT2D eigenvalue weighted by molar-refractivity contribution is -0.00551. The van der Waals surface area contributed by atoms with E-state index in [1.807, 2.05) is 12.4 Å². The van der Waals surface area contributed by atoms with E-state index in [0.29, 0.717) is 6.04 Å². The highest BCUT2D eigenvalue weighted by molar-refractivity contribution is 5.06. The van der Waals surface area contributed by atoms with Crippen molar-refractivity contribution in [2.45, 2.75) is 25.6 Å². The van der Waals surface area contributed by atoms with Crippen LogP contribution in [-0.2, 0) is 6.54 Å². The van der Waals surface area contributed by atoms with Crippen LogP contribution in [-0.4, -0.2) is 58.1 Å². The summed E-state index contributed by atoms with van der Waals surface area (Å²) in [7, 11) is 0. The average molecular weight is 250 g/mol. The van der Waals surface area contributed by atoms with E-state index in [9.17, 15) is 0 Å². The van der Waals surface area contributed by atoms with E-state index in [2.05, 4.69) is 31.7 Å². The molecule has 0 amide bonds. The van der Waals surface area contributed by atoms with Crippen LogP contribution in [0.15, 0.2) is 12.4 Å². The third-order valence-electron chi connectivity index (χ3n) is 4.25. The van der Waals surface area contributed by atoms with Crippen LogP contribution in [0.5, 0.6) is 0 Å². The van der Waals surface area contributed by atoms with Gasteiger partial charge in [0.1, 0.15) is 5.82 Å². The Morgan fingerprint density at radius 1 is 1.44 bits per heavy atom. The Bertz CT molecular complexity index is 395. The zero-order valence-corrected chi connectivity index (χ0v) is 10.9. The first-order valence-electron chi connectivity index (χ1n) is 6.77. The molecule has 0 saturated carbocycles. The van der Waals surface area contributed by atoms with E-state index in [-0.39, 0.29) is 6.04 Å². The van der Waals surface area contributed by atoms with Crippen molar-refractivity contribution in [1.29, 1.82) is 0 Å². The number of aryl methyl sites for hydroxylation is 1. The van der Waals surface area contributed by atoms with Crippen LogP contribution < -0.4 is 11.3 Å². The molecule has 100 valence electrons. The van der Waals surface area contributed by atoms with Crippen molar-refractivity contribution in [2.75, 3.05) is 32.7 Å². The number of hydrogen-bond donors (Lipinski definition) is 2. The van der Waals surface area contributed by atoms with Gasteiger partial charge in [-0.2, -0.15) is 0 Å². The third-order valence-corrected chi connectivity index (χ3v) is 4.25. The summed E-state index contributed by atoms with van der Waals surface area (Å²) in [6.07, 6.45) is 3.89. The fraction of sp³-hybridized carbons (Fsp3) is 0.750. The number of hydrogen-bond acceptors (Lipinski definition) is 5. The molecule has 2 bridgehead atoms. The lowest BCUT2D eigenvalue weighted by Gasteiger charge is -2.49. The summed E-state index contributed by atoms with van der Waals surface area (Å²) >= 11 is 0. The lowest BCUT2D eigenvalue weighted by Crippen LogP contribution is -2.64. The Labute approximate surface area is 108 Å². The minimum atomic E-state index is 0.114. The smallest absolute Gasteiger partial charge is 0.128 e. The Morgan fingerprint density at radius 3 is 2.78 bits per heavy atom. The predicted octanol–water partition coefficient (Wildman–Crippen LogP) is -0.593. The normalized spacial score (nSPS) is 32.7. The first-order valence-corrected chi connectivity index (χ1v) is 6.77. The molecule has 6 heteroatoms. The molecule has 3 fully saturated rings. The van der Waals surface area contributed by atoms with Gasteiger partial charge in [-0.05, 0) is 6.92 Å². The highest BCUT2D eigenvalue weighted by atomic mass is 15.4. The highest BCUT2D eigenvalue weighted by Gasteiger charge is 2.38. The minimum Gasteiger partial charge on any atom is -0.334 e. The van der Waals surface area contributed by atoms with Crippen molar-refractivity contribution in [3.05, 3.63) is 18.2 Å². The highest BCUT2D eigenvalue weighted by Crippen LogP contribution is 2.25. The van der Waals surface area contributed by atoms with Gasteiger partial charge in [0.25, 0.3) is 0 Å². The van der Waals surface area contributed by atoms with E-state index >= 15 is 0 Å². The molecule has 4 heterocycles. The first kappa shape index (κ1) is 12.1. The maximum absolute atomic E-state index is 5.80. The summed E-state index contributed by atoms with van der Waals surface area (Å²) in [6, 6.07) is 0.549. The number of nitrogens with one attached hydrogen (secondary N) is 1. The summed E-state index contributed by atoms with van der Waals surface area (Å²) < 4.78 is 2.17. The Kier molecular flexibility index (Phi) is 3.34. The molecular weight excluding hydrogens is 228 g/mol. The van der Waals surface area contributed by atoms with Gasteiger partial charge in [-0.15, -0.1) is 0 Å². The monoisotopic (exact) mass is 250 g/mol. The van der Waals surface area contributed by atoms with Crippen molar-refractivity contribution in [3.8, 4) is 0 Å². The van der Waals surface area contributed by atoms with Gasteiger partial charge in [-0.3, -0.25) is 15.6 Å². The van der Waals surface area contributed by atoms with Crippen LogP contribution in [0.25, 0.3) is 0 Å². The van der Waals surface area contributed by atoms with E-state index < -0.39 is 0 Å². The van der Waals surface area contributed by atoms with Gasteiger partial charge >= 0.3 is 0 Å². The van der Waals surface area contributed by atoms with Gasteiger partial charge in [0.05, 0.1) is 6.04 Å². The number of nitrogens with zero attached hydrogens (tertiary/aromatic N) is 4. The van der Waals surface area contributed by atoms with Crippen molar-refractivity contribution in [1.82, 2.24) is 24.8 Å². The maximum Gasteiger partial charge on any atom is 0.128 e. The molecule has 0 aromatic carbocycles. The SMILES string of the molecule is CCn1ccnc1C(NN)C1CN2CCN1CC2. The Hall–Kier alpha value is -0.950. The molecular formula is C12H22N6. The summed E-state index contributed by atoms with van der Waals surface area (Å²) in [6.45, 7) is 8.84. The minimum absolute atomic E-state index is 0.114. The maximum atomic E-state index is 5.80. The molecule has 3 aliphatic heterocycles. The van der Waals surface area contributed by atoms with Crippen LogP contribution in [0.1, 0.15) is 18.8 Å². The molecule has 1 aromatic heterocycles. The number of fused-ring (bicyclic) bond motifs is 3. The molecule has 6 nitrogen and oxygen atoms in total. The second kappa shape index (κ2) is 4.97. The predicted molar refractivity (Wildman–Crippen MR) is 69.8 cm³/mol. The van der Waals surface area contributed by atoms with E-state index in [1.165, 1.54) is 13.1 Å². The number of aromatic nitrogens is 2. The van der Waals surface area contributed by atoms with Gasteiger partial charge in [-0.25, -0.2) is 10.4 Å². The molecule has 2 atom stereocenters. The van der Waals surface area contributed by atoms with Crippen molar-refractivity contribution in [3.63, 3.8) is 0 Å². The number of piperazine rings is 3. The van der Waals surface area contributed by atoms with Gasteiger partial charge < -0.3 is 4.57 Å². The fourth-order valence-electron chi connectivity index (χ4n) is 3.20. The van der Waals surface area contributed by atoms with Crippen LogP contribution >= 0.6 is 0 Å². The molecule has 4 rings (SSSR count). The van der Waals surface area contributed by atoms with Gasteiger partial charge in [-0.1, -0.05) is 0 Å². The average Bonchev–Trinajstić information content (AvgIpc) is 2.89. The van der Waals surface area contributed by atoms with Gasteiger partial charge in [0.2, 0.25) is 0 Å². The summed E-state index contributed by atoms with van der Waals surface area (Å²) in [5.41, 5.74) is 2.98. The zero-order chi connectivity index (χ0) is 12.5. The number of rotatable bonds is 4. The molecule has 2 unspecified atom stereocenters. The molecule has 0 aliphatic carbocycles. The molecule has 1 aromatic rings. The number of imidazole rings is 1.